The molecule has 0 saturated heterocycles. The molecule has 19 heavy (non-hydrogen) atoms. The number of benzene rings is 2. The zero-order chi connectivity index (χ0) is 13.8. The number of anilines is 1. The SMILES string of the molecule is COc1cc(F)ccc1NCc1cc(F)cc(Br)c1. The lowest BCUT2D eigenvalue weighted by Gasteiger charge is -2.11. The Kier molecular flexibility index (Phi) is 4.37. The summed E-state index contributed by atoms with van der Waals surface area (Å²) in [5.74, 6) is -0.261. The first-order chi connectivity index (χ1) is 9.08. The van der Waals surface area contributed by atoms with Gasteiger partial charge in [0.1, 0.15) is 17.4 Å². The minimum absolute atomic E-state index is 0.308. The Hall–Kier alpha value is -1.62. The van der Waals surface area contributed by atoms with Crippen LogP contribution in [-0.2, 0) is 6.54 Å². The van der Waals surface area contributed by atoms with Gasteiger partial charge in [-0.2, -0.15) is 0 Å². The van der Waals surface area contributed by atoms with Crippen molar-refractivity contribution >= 4 is 21.6 Å². The molecule has 100 valence electrons. The van der Waals surface area contributed by atoms with Crippen molar-refractivity contribution in [2.24, 2.45) is 0 Å². The van der Waals surface area contributed by atoms with Crippen molar-refractivity contribution in [2.45, 2.75) is 6.54 Å². The average Bonchev–Trinajstić information content (AvgIpc) is 2.36. The molecule has 0 amide bonds. The number of ether oxygens (including phenoxy) is 1. The highest BCUT2D eigenvalue weighted by atomic mass is 79.9. The maximum Gasteiger partial charge on any atom is 0.144 e. The van der Waals surface area contributed by atoms with E-state index in [0.717, 1.165) is 5.56 Å². The molecule has 0 aliphatic heterocycles. The smallest absolute Gasteiger partial charge is 0.144 e. The van der Waals surface area contributed by atoms with Gasteiger partial charge in [-0.3, -0.25) is 0 Å². The molecule has 0 fully saturated rings. The molecule has 0 aromatic heterocycles. The Balaban J connectivity index is 2.14. The molecule has 2 rings (SSSR count). The molecule has 1 N–H and O–H groups in total. The molecule has 0 spiro atoms. The molecular weight excluding hydrogens is 316 g/mol. The van der Waals surface area contributed by atoms with Crippen LogP contribution in [0.2, 0.25) is 0 Å². The number of methoxy groups -OCH3 is 1. The largest absolute Gasteiger partial charge is 0.494 e. The third-order valence-electron chi connectivity index (χ3n) is 2.57. The highest BCUT2D eigenvalue weighted by Gasteiger charge is 2.05. The van der Waals surface area contributed by atoms with Crippen LogP contribution in [0.25, 0.3) is 0 Å². The quantitative estimate of drug-likeness (QED) is 0.901. The van der Waals surface area contributed by atoms with Gasteiger partial charge in [0.15, 0.2) is 0 Å². The third kappa shape index (κ3) is 3.67. The molecule has 0 aliphatic carbocycles. The molecule has 0 unspecified atom stereocenters. The van der Waals surface area contributed by atoms with Crippen LogP contribution in [0.5, 0.6) is 5.75 Å². The molecule has 5 heteroatoms. The maximum absolute atomic E-state index is 13.2. The van der Waals surface area contributed by atoms with Gasteiger partial charge in [0.05, 0.1) is 12.8 Å². The predicted molar refractivity (Wildman–Crippen MR) is 74.4 cm³/mol. The second-order valence-electron chi connectivity index (χ2n) is 3.98. The first-order valence-corrected chi connectivity index (χ1v) is 6.40. The van der Waals surface area contributed by atoms with Gasteiger partial charge in [-0.05, 0) is 35.9 Å². The van der Waals surface area contributed by atoms with Crippen molar-refractivity contribution in [1.29, 1.82) is 0 Å². The minimum atomic E-state index is -0.365. The van der Waals surface area contributed by atoms with Gasteiger partial charge < -0.3 is 10.1 Å². The first-order valence-electron chi connectivity index (χ1n) is 5.61. The van der Waals surface area contributed by atoms with Gasteiger partial charge in [0.2, 0.25) is 0 Å². The first kappa shape index (κ1) is 13.8. The van der Waals surface area contributed by atoms with E-state index in [1.807, 2.05) is 6.07 Å². The van der Waals surface area contributed by atoms with E-state index in [4.69, 9.17) is 4.74 Å². The van der Waals surface area contributed by atoms with E-state index in [1.54, 1.807) is 6.07 Å². The Morgan fingerprint density at radius 3 is 2.58 bits per heavy atom. The molecule has 0 heterocycles. The number of hydrogen-bond acceptors (Lipinski definition) is 2. The van der Waals surface area contributed by atoms with Gasteiger partial charge in [0, 0.05) is 17.1 Å². The van der Waals surface area contributed by atoms with Gasteiger partial charge in [-0.15, -0.1) is 0 Å². The maximum atomic E-state index is 13.2. The fourth-order valence-electron chi connectivity index (χ4n) is 1.72. The molecule has 2 nitrogen and oxygen atoms in total. The second kappa shape index (κ2) is 6.02. The van der Waals surface area contributed by atoms with E-state index < -0.39 is 0 Å². The Labute approximate surface area is 118 Å². The normalized spacial score (nSPS) is 10.3. The second-order valence-corrected chi connectivity index (χ2v) is 4.89. The van der Waals surface area contributed by atoms with E-state index in [-0.39, 0.29) is 11.6 Å². The standard InChI is InChI=1S/C14H12BrF2NO/c1-19-14-7-11(16)2-3-13(14)18-8-9-4-10(15)6-12(17)5-9/h2-7,18H,8H2,1H3. The predicted octanol–water partition coefficient (Wildman–Crippen LogP) is 4.35. The number of rotatable bonds is 4. The van der Waals surface area contributed by atoms with Crippen molar-refractivity contribution in [3.05, 3.63) is 58.1 Å². The number of nitrogens with one attached hydrogen (secondary N) is 1. The van der Waals surface area contributed by atoms with E-state index >= 15 is 0 Å². The van der Waals surface area contributed by atoms with Crippen molar-refractivity contribution in [2.75, 3.05) is 12.4 Å². The summed E-state index contributed by atoms with van der Waals surface area (Å²) in [7, 11) is 1.47. The topological polar surface area (TPSA) is 21.3 Å². The van der Waals surface area contributed by atoms with Crippen LogP contribution in [0.4, 0.5) is 14.5 Å². The molecule has 0 radical (unpaired) electrons. The van der Waals surface area contributed by atoms with Gasteiger partial charge in [-0.25, -0.2) is 8.78 Å². The number of halogens is 3. The van der Waals surface area contributed by atoms with E-state index in [2.05, 4.69) is 21.2 Å². The minimum Gasteiger partial charge on any atom is -0.494 e. The van der Waals surface area contributed by atoms with Crippen molar-refractivity contribution in [3.8, 4) is 5.75 Å². The fourth-order valence-corrected chi connectivity index (χ4v) is 2.23. The lowest BCUT2D eigenvalue weighted by Crippen LogP contribution is -2.02. The highest BCUT2D eigenvalue weighted by molar-refractivity contribution is 9.10. The molecule has 0 bridgehead atoms. The molecule has 0 saturated carbocycles. The van der Waals surface area contributed by atoms with E-state index in [1.165, 1.54) is 31.4 Å². The summed E-state index contributed by atoms with van der Waals surface area (Å²) in [6.45, 7) is 0.415. The summed E-state index contributed by atoms with van der Waals surface area (Å²) >= 11 is 3.23. The summed E-state index contributed by atoms with van der Waals surface area (Å²) in [4.78, 5) is 0. The zero-order valence-corrected chi connectivity index (χ0v) is 11.8. The van der Waals surface area contributed by atoms with Crippen LogP contribution in [-0.4, -0.2) is 7.11 Å². The van der Waals surface area contributed by atoms with Crippen LogP contribution in [0.15, 0.2) is 40.9 Å². The average molecular weight is 328 g/mol. The van der Waals surface area contributed by atoms with Crippen molar-refractivity contribution in [3.63, 3.8) is 0 Å². The zero-order valence-electron chi connectivity index (χ0n) is 10.2. The Morgan fingerprint density at radius 2 is 1.89 bits per heavy atom. The summed E-state index contributed by atoms with van der Waals surface area (Å²) < 4.78 is 32.0. The van der Waals surface area contributed by atoms with Crippen LogP contribution in [0.1, 0.15) is 5.56 Å². The van der Waals surface area contributed by atoms with Crippen molar-refractivity contribution < 1.29 is 13.5 Å². The molecule has 2 aromatic carbocycles. The lowest BCUT2D eigenvalue weighted by molar-refractivity contribution is 0.413. The van der Waals surface area contributed by atoms with Crippen LogP contribution in [0.3, 0.4) is 0 Å². The summed E-state index contributed by atoms with van der Waals surface area (Å²) in [6.07, 6.45) is 0. The number of hydrogen-bond donors (Lipinski definition) is 1. The van der Waals surface area contributed by atoms with Crippen LogP contribution >= 0.6 is 15.9 Å². The summed E-state index contributed by atoms with van der Waals surface area (Å²) in [5, 5.41) is 3.08. The summed E-state index contributed by atoms with van der Waals surface area (Å²) in [5.41, 5.74) is 1.43. The van der Waals surface area contributed by atoms with Crippen molar-refractivity contribution in [1.82, 2.24) is 0 Å². The van der Waals surface area contributed by atoms with Gasteiger partial charge in [-0.1, -0.05) is 15.9 Å². The van der Waals surface area contributed by atoms with E-state index in [0.29, 0.717) is 22.5 Å². The molecule has 0 aliphatic rings. The Bertz CT molecular complexity index is 569. The molecule has 0 atom stereocenters. The lowest BCUT2D eigenvalue weighted by atomic mass is 10.2. The van der Waals surface area contributed by atoms with Gasteiger partial charge >= 0.3 is 0 Å². The van der Waals surface area contributed by atoms with Crippen LogP contribution in [0, 0.1) is 11.6 Å². The third-order valence-corrected chi connectivity index (χ3v) is 3.03. The van der Waals surface area contributed by atoms with Crippen LogP contribution < -0.4 is 10.1 Å². The highest BCUT2D eigenvalue weighted by Crippen LogP contribution is 2.25. The Morgan fingerprint density at radius 1 is 1.11 bits per heavy atom. The molecule has 2 aromatic rings. The molecular formula is C14H12BrF2NO. The monoisotopic (exact) mass is 327 g/mol. The summed E-state index contributed by atoms with van der Waals surface area (Å²) in [6, 6.07) is 8.86. The van der Waals surface area contributed by atoms with Gasteiger partial charge in [0.25, 0.3) is 0 Å². The van der Waals surface area contributed by atoms with E-state index in [9.17, 15) is 8.78 Å². The fraction of sp³-hybridized carbons (Fsp3) is 0.143.